The number of carbonyl (C=O) groups excluding carboxylic acids is 1. The Balaban J connectivity index is 2.78. The van der Waals surface area contributed by atoms with Gasteiger partial charge in [0.15, 0.2) is 9.84 Å². The Labute approximate surface area is 185 Å². The Morgan fingerprint density at radius 2 is 1.94 bits per heavy atom. The van der Waals surface area contributed by atoms with Crippen molar-refractivity contribution in [2.45, 2.75) is 69.1 Å². The van der Waals surface area contributed by atoms with Crippen LogP contribution in [0.3, 0.4) is 0 Å². The smallest absolute Gasteiger partial charge is 0.413 e. The van der Waals surface area contributed by atoms with Crippen LogP contribution in [0.1, 0.15) is 53.5 Å². The highest BCUT2D eigenvalue weighted by Crippen LogP contribution is 2.45. The molecule has 10 nitrogen and oxygen atoms in total. The Kier molecular flexibility index (Phi) is 6.73. The summed E-state index contributed by atoms with van der Waals surface area (Å²) in [6.45, 7) is 8.28. The van der Waals surface area contributed by atoms with Gasteiger partial charge < -0.3 is 9.84 Å². The first-order chi connectivity index (χ1) is 14.5. The van der Waals surface area contributed by atoms with E-state index >= 15 is 0 Å². The van der Waals surface area contributed by atoms with Gasteiger partial charge in [-0.1, -0.05) is 0 Å². The number of ether oxygens (including phenoxy) is 1. The van der Waals surface area contributed by atoms with E-state index in [-0.39, 0.29) is 17.8 Å². The first-order valence-corrected chi connectivity index (χ1v) is 11.4. The van der Waals surface area contributed by atoms with Crippen LogP contribution in [-0.4, -0.2) is 52.6 Å². The first kappa shape index (κ1) is 25.7. The van der Waals surface area contributed by atoms with Crippen LogP contribution < -0.4 is 5.32 Å². The van der Waals surface area contributed by atoms with Gasteiger partial charge in [0.25, 0.3) is 5.69 Å². The first-order valence-electron chi connectivity index (χ1n) is 9.86. The lowest BCUT2D eigenvalue weighted by atomic mass is 9.86. The van der Waals surface area contributed by atoms with Gasteiger partial charge in [-0.05, 0) is 54.0 Å². The predicted octanol–water partition coefficient (Wildman–Crippen LogP) is 2.83. The largest absolute Gasteiger partial charge is 0.444 e. The monoisotopic (exact) mass is 473 g/mol. The number of nitrogens with zero attached hydrogens (tertiary/aromatic N) is 2. The Hall–Kier alpha value is -2.60. The second-order valence-corrected chi connectivity index (χ2v) is 11.9. The summed E-state index contributed by atoms with van der Waals surface area (Å²) < 4.78 is 45.5. The number of amides is 1. The van der Waals surface area contributed by atoms with Crippen molar-refractivity contribution >= 4 is 27.5 Å². The third-order valence-electron chi connectivity index (χ3n) is 5.34. The summed E-state index contributed by atoms with van der Waals surface area (Å²) in [4.78, 5) is 27.3. The molecular weight excluding hydrogens is 445 g/mol. The van der Waals surface area contributed by atoms with Gasteiger partial charge >= 0.3 is 6.09 Å². The maximum atomic E-state index is 14.9. The number of rotatable bonds is 4. The molecule has 0 aliphatic carbocycles. The topological polar surface area (TPSA) is 148 Å². The van der Waals surface area contributed by atoms with Crippen LogP contribution in [0.4, 0.5) is 14.9 Å². The molecule has 0 spiro atoms. The van der Waals surface area contributed by atoms with Crippen molar-refractivity contribution in [1.29, 1.82) is 0 Å². The van der Waals surface area contributed by atoms with E-state index in [1.54, 1.807) is 20.8 Å². The van der Waals surface area contributed by atoms with Gasteiger partial charge in [-0.25, -0.2) is 17.6 Å². The Bertz CT molecular complexity index is 1060. The van der Waals surface area contributed by atoms with Gasteiger partial charge in [0.1, 0.15) is 27.5 Å². The number of halogens is 1. The summed E-state index contributed by atoms with van der Waals surface area (Å²) in [6.07, 6.45) is -1.25. The molecule has 1 amide bonds. The summed E-state index contributed by atoms with van der Waals surface area (Å²) in [6, 6.07) is 2.73. The number of nitro groups is 1. The van der Waals surface area contributed by atoms with Crippen molar-refractivity contribution in [2.75, 3.05) is 6.61 Å². The van der Waals surface area contributed by atoms with Crippen LogP contribution in [0.15, 0.2) is 23.2 Å². The number of benzene rings is 1. The van der Waals surface area contributed by atoms with Gasteiger partial charge in [-0.3, -0.25) is 20.4 Å². The maximum absolute atomic E-state index is 14.9. The fourth-order valence-corrected chi connectivity index (χ4v) is 5.89. The third kappa shape index (κ3) is 4.60. The number of nitro benzene ring substituents is 1. The van der Waals surface area contributed by atoms with E-state index in [0.29, 0.717) is 0 Å². The van der Waals surface area contributed by atoms with Gasteiger partial charge in [0.2, 0.25) is 0 Å². The predicted molar refractivity (Wildman–Crippen MR) is 116 cm³/mol. The van der Waals surface area contributed by atoms with E-state index < -0.39 is 60.1 Å². The molecule has 0 fully saturated rings. The van der Waals surface area contributed by atoms with E-state index in [1.165, 1.54) is 20.8 Å². The minimum Gasteiger partial charge on any atom is -0.444 e. The fourth-order valence-electron chi connectivity index (χ4n) is 3.61. The molecule has 0 radical (unpaired) electrons. The fraction of sp³-hybridized carbons (Fsp3) is 0.600. The number of sulfone groups is 1. The molecule has 0 saturated carbocycles. The van der Waals surface area contributed by atoms with Crippen molar-refractivity contribution in [3.8, 4) is 0 Å². The number of amidine groups is 1. The molecule has 178 valence electrons. The molecule has 1 heterocycles. The molecule has 2 rings (SSSR count). The van der Waals surface area contributed by atoms with E-state index in [1.807, 2.05) is 0 Å². The normalized spacial score (nSPS) is 24.4. The van der Waals surface area contributed by atoms with Gasteiger partial charge in [-0.15, -0.1) is 0 Å². The molecule has 0 unspecified atom stereocenters. The highest BCUT2D eigenvalue weighted by atomic mass is 32.2. The van der Waals surface area contributed by atoms with E-state index in [4.69, 9.17) is 4.74 Å². The SMILES string of the molecule is CC(C)(C)OC(=O)NC1=N[C@](C)(c2cc([N+](=O)[O-])ccc2F)[C@@H](CCO)S(=O)(=O)C1(C)C. The molecule has 0 aromatic heterocycles. The van der Waals surface area contributed by atoms with Crippen LogP contribution in [-0.2, 0) is 20.1 Å². The van der Waals surface area contributed by atoms with Crippen LogP contribution in [0.2, 0.25) is 0 Å². The second kappa shape index (κ2) is 8.39. The number of alkyl carbamates (subject to hydrolysis) is 1. The number of aliphatic hydroxyl groups is 1. The molecule has 1 aliphatic heterocycles. The van der Waals surface area contributed by atoms with Crippen LogP contribution in [0, 0.1) is 15.9 Å². The highest BCUT2D eigenvalue weighted by molar-refractivity contribution is 7.94. The molecule has 32 heavy (non-hydrogen) atoms. The maximum Gasteiger partial charge on any atom is 0.413 e. The lowest BCUT2D eigenvalue weighted by molar-refractivity contribution is -0.385. The summed E-state index contributed by atoms with van der Waals surface area (Å²) >= 11 is 0. The summed E-state index contributed by atoms with van der Waals surface area (Å²) in [5.41, 5.74) is -3.55. The molecule has 2 atom stereocenters. The lowest BCUT2D eigenvalue weighted by Crippen LogP contribution is -2.62. The zero-order valence-electron chi connectivity index (χ0n) is 18.8. The molecule has 2 N–H and O–H groups in total. The second-order valence-electron chi connectivity index (χ2n) is 9.21. The Morgan fingerprint density at radius 3 is 2.44 bits per heavy atom. The quantitative estimate of drug-likeness (QED) is 0.504. The van der Waals surface area contributed by atoms with E-state index in [0.717, 1.165) is 18.2 Å². The number of nitrogens with one attached hydrogen (secondary N) is 1. The van der Waals surface area contributed by atoms with Crippen molar-refractivity contribution in [2.24, 2.45) is 4.99 Å². The third-order valence-corrected chi connectivity index (χ3v) is 8.40. The molecule has 1 aromatic carbocycles. The zero-order valence-corrected chi connectivity index (χ0v) is 19.6. The number of hydrogen-bond acceptors (Lipinski definition) is 8. The molecule has 0 saturated heterocycles. The van der Waals surface area contributed by atoms with E-state index in [2.05, 4.69) is 10.3 Å². The number of carbonyl (C=O) groups is 1. The number of aliphatic imine (C=N–C) groups is 1. The highest BCUT2D eigenvalue weighted by Gasteiger charge is 2.58. The molecule has 0 bridgehead atoms. The summed E-state index contributed by atoms with van der Waals surface area (Å²) in [5.74, 6) is -1.20. The lowest BCUT2D eigenvalue weighted by Gasteiger charge is -2.44. The number of non-ortho nitro benzene ring substituents is 1. The average molecular weight is 474 g/mol. The van der Waals surface area contributed by atoms with Crippen molar-refractivity contribution < 1.29 is 32.4 Å². The molecular formula is C20H28FN3O7S. The summed E-state index contributed by atoms with van der Waals surface area (Å²) in [5, 5.41) is 21.7. The van der Waals surface area contributed by atoms with Gasteiger partial charge in [-0.2, -0.15) is 0 Å². The van der Waals surface area contributed by atoms with E-state index in [9.17, 15) is 32.8 Å². The minimum absolute atomic E-state index is 0.297. The summed E-state index contributed by atoms with van der Waals surface area (Å²) in [7, 11) is -4.21. The van der Waals surface area contributed by atoms with Gasteiger partial charge in [0, 0.05) is 24.3 Å². The molecule has 1 aromatic rings. The van der Waals surface area contributed by atoms with Gasteiger partial charge in [0.05, 0.1) is 10.2 Å². The standard InChI is InChI=1S/C20H28FN3O7S/c1-18(2,3)31-17(26)22-16-19(4,5)32(29,30)15(9-10-25)20(6,23-16)13-11-12(24(27)28)7-8-14(13)21/h7-8,11,15,25H,9-10H2,1-6H3,(H,22,23,26)/t15-,20-/m1/s1. The van der Waals surface area contributed by atoms with Crippen molar-refractivity contribution in [3.63, 3.8) is 0 Å². The minimum atomic E-state index is -4.21. The molecule has 12 heteroatoms. The molecule has 1 aliphatic rings. The van der Waals surface area contributed by atoms with Crippen LogP contribution >= 0.6 is 0 Å². The zero-order chi connectivity index (χ0) is 24.7. The average Bonchev–Trinajstić information content (AvgIpc) is 2.62. The van der Waals surface area contributed by atoms with Crippen LogP contribution in [0.5, 0.6) is 0 Å². The van der Waals surface area contributed by atoms with Crippen molar-refractivity contribution in [3.05, 3.63) is 39.7 Å². The van der Waals surface area contributed by atoms with Crippen molar-refractivity contribution in [1.82, 2.24) is 5.32 Å². The Morgan fingerprint density at radius 1 is 1.34 bits per heavy atom. The number of hydrogen-bond donors (Lipinski definition) is 2. The van der Waals surface area contributed by atoms with Crippen LogP contribution in [0.25, 0.3) is 0 Å². The number of aliphatic hydroxyl groups excluding tert-OH is 1.